The molecule has 0 N–H and O–H groups in total. The Balaban J connectivity index is 2.00. The van der Waals surface area contributed by atoms with Crippen LogP contribution in [0.1, 0.15) is 26.7 Å². The zero-order valence-corrected chi connectivity index (χ0v) is 10.6. The molecular formula is C15H23B. The van der Waals surface area contributed by atoms with Gasteiger partial charge in [-0.15, -0.1) is 0 Å². The van der Waals surface area contributed by atoms with E-state index in [1.165, 1.54) is 25.5 Å². The maximum atomic E-state index is 2.42. The maximum absolute atomic E-state index is 2.42. The van der Waals surface area contributed by atoms with Crippen LogP contribution in [0.2, 0.25) is 18.5 Å². The van der Waals surface area contributed by atoms with Crippen molar-refractivity contribution in [2.24, 2.45) is 11.8 Å². The van der Waals surface area contributed by atoms with Gasteiger partial charge in [0, 0.05) is 0 Å². The molecule has 2 unspecified atom stereocenters. The van der Waals surface area contributed by atoms with E-state index in [-0.39, 0.29) is 0 Å². The Morgan fingerprint density at radius 2 is 1.31 bits per heavy atom. The molecule has 0 aromatic carbocycles. The molecule has 0 heterocycles. The third-order valence-electron chi connectivity index (χ3n) is 4.06. The quantitative estimate of drug-likeness (QED) is 0.586. The fourth-order valence-electron chi connectivity index (χ4n) is 3.31. The molecule has 16 heavy (non-hydrogen) atoms. The van der Waals surface area contributed by atoms with Crippen LogP contribution in [0, 0.1) is 11.8 Å². The minimum absolute atomic E-state index is 0.837. The Morgan fingerprint density at radius 3 is 1.75 bits per heavy atom. The second-order valence-electron chi connectivity index (χ2n) is 5.22. The molecular weight excluding hydrogens is 191 g/mol. The number of hydrogen-bond donors (Lipinski definition) is 0. The van der Waals surface area contributed by atoms with Gasteiger partial charge in [0.1, 0.15) is 6.71 Å². The van der Waals surface area contributed by atoms with Gasteiger partial charge in [-0.25, -0.2) is 0 Å². The smallest absolute Gasteiger partial charge is 0.0812 e. The van der Waals surface area contributed by atoms with Crippen molar-refractivity contribution in [2.75, 3.05) is 0 Å². The summed E-state index contributed by atoms with van der Waals surface area (Å²) in [6.45, 7) is 5.60. The zero-order valence-electron chi connectivity index (χ0n) is 10.6. The Labute approximate surface area is 101 Å². The van der Waals surface area contributed by atoms with E-state index in [4.69, 9.17) is 0 Å². The number of fused-ring (bicyclic) bond motifs is 1. The molecule has 1 heteroatoms. The van der Waals surface area contributed by atoms with E-state index in [9.17, 15) is 0 Å². The minimum Gasteiger partial charge on any atom is -0.0812 e. The molecule has 2 aliphatic carbocycles. The lowest BCUT2D eigenvalue weighted by atomic mass is 9.39. The van der Waals surface area contributed by atoms with Crippen molar-refractivity contribution in [1.29, 1.82) is 0 Å². The summed E-state index contributed by atoms with van der Waals surface area (Å²) in [6, 6.07) is 0. The lowest BCUT2D eigenvalue weighted by Gasteiger charge is -2.10. The van der Waals surface area contributed by atoms with Crippen molar-refractivity contribution < 1.29 is 0 Å². The average Bonchev–Trinajstić information content (AvgIpc) is 2.89. The van der Waals surface area contributed by atoms with Crippen molar-refractivity contribution >= 4 is 6.71 Å². The van der Waals surface area contributed by atoms with Crippen molar-refractivity contribution in [3.8, 4) is 0 Å². The first kappa shape index (κ1) is 11.8. The van der Waals surface area contributed by atoms with Gasteiger partial charge in [0.15, 0.2) is 0 Å². The van der Waals surface area contributed by atoms with Crippen LogP contribution >= 0.6 is 0 Å². The van der Waals surface area contributed by atoms with Gasteiger partial charge in [0.2, 0.25) is 0 Å². The summed E-state index contributed by atoms with van der Waals surface area (Å²) in [6.07, 6.45) is 19.1. The van der Waals surface area contributed by atoms with E-state index < -0.39 is 0 Å². The van der Waals surface area contributed by atoms with Crippen LogP contribution in [0.25, 0.3) is 0 Å². The molecule has 2 rings (SSSR count). The lowest BCUT2D eigenvalue weighted by Crippen LogP contribution is -2.13. The van der Waals surface area contributed by atoms with E-state index in [1.807, 2.05) is 0 Å². The van der Waals surface area contributed by atoms with Crippen molar-refractivity contribution in [1.82, 2.24) is 0 Å². The fraction of sp³-hybridized carbons (Fsp3) is 0.600. The van der Waals surface area contributed by atoms with Crippen molar-refractivity contribution in [2.45, 2.75) is 45.1 Å². The first-order valence-corrected chi connectivity index (χ1v) is 6.90. The number of allylic oxidation sites excluding steroid dienone is 6. The van der Waals surface area contributed by atoms with E-state index >= 15 is 0 Å². The molecule has 2 aliphatic rings. The predicted octanol–water partition coefficient (Wildman–Crippen LogP) is 4.60. The molecule has 0 aromatic rings. The summed E-state index contributed by atoms with van der Waals surface area (Å²) >= 11 is 0. The third-order valence-corrected chi connectivity index (χ3v) is 4.06. The first-order chi connectivity index (χ1) is 7.88. The highest BCUT2D eigenvalue weighted by Gasteiger charge is 2.50. The third kappa shape index (κ3) is 2.51. The summed E-state index contributed by atoms with van der Waals surface area (Å²) in [5.74, 6) is 2.61. The zero-order chi connectivity index (χ0) is 11.4. The molecule has 0 aromatic heterocycles. The van der Waals surface area contributed by atoms with E-state index in [0.29, 0.717) is 0 Å². The molecule has 2 atom stereocenters. The van der Waals surface area contributed by atoms with E-state index in [1.54, 1.807) is 0 Å². The van der Waals surface area contributed by atoms with Gasteiger partial charge >= 0.3 is 0 Å². The predicted molar refractivity (Wildman–Crippen MR) is 74.1 cm³/mol. The van der Waals surface area contributed by atoms with E-state index in [2.05, 4.69) is 50.3 Å². The molecule has 1 saturated carbocycles. The van der Waals surface area contributed by atoms with Gasteiger partial charge < -0.3 is 0 Å². The molecule has 0 amide bonds. The Bertz CT molecular complexity index is 273. The maximum Gasteiger partial charge on any atom is 0.144 e. The SMILES string of the molecule is CCCB(CCC)C1C2\C=C/C=C\C=C/C21. The molecule has 0 radical (unpaired) electrons. The van der Waals surface area contributed by atoms with Crippen LogP contribution in [0.3, 0.4) is 0 Å². The standard InChI is InChI=1S/C15H23B/c1-3-11-16(12-4-2)15-13-9-7-5-6-8-10-14(13)15/h5-10,13-15H,3-4,11-12H2,1-2H3/b6-5-,9-7-,10-8-. The van der Waals surface area contributed by atoms with Crippen LogP contribution in [-0.2, 0) is 0 Å². The molecule has 0 aliphatic heterocycles. The molecule has 0 spiro atoms. The molecule has 0 nitrogen and oxygen atoms in total. The highest BCUT2D eigenvalue weighted by molar-refractivity contribution is 6.61. The van der Waals surface area contributed by atoms with E-state index in [0.717, 1.165) is 24.4 Å². The van der Waals surface area contributed by atoms with Crippen molar-refractivity contribution in [3.05, 3.63) is 36.5 Å². The normalized spacial score (nSPS) is 36.8. The fourth-order valence-corrected chi connectivity index (χ4v) is 3.31. The van der Waals surface area contributed by atoms with Gasteiger partial charge in [-0.2, -0.15) is 0 Å². The van der Waals surface area contributed by atoms with Crippen LogP contribution in [0.15, 0.2) is 36.5 Å². The summed E-state index contributed by atoms with van der Waals surface area (Å²) in [5.41, 5.74) is 0. The monoisotopic (exact) mass is 214 g/mol. The lowest BCUT2D eigenvalue weighted by molar-refractivity contribution is 0.972. The summed E-state index contributed by atoms with van der Waals surface area (Å²) in [7, 11) is 0. The van der Waals surface area contributed by atoms with Crippen LogP contribution in [-0.4, -0.2) is 6.71 Å². The molecule has 0 saturated heterocycles. The minimum atomic E-state index is 0.837. The van der Waals surface area contributed by atoms with Gasteiger partial charge in [-0.3, -0.25) is 0 Å². The first-order valence-electron chi connectivity index (χ1n) is 6.90. The molecule has 86 valence electrons. The van der Waals surface area contributed by atoms with Crippen LogP contribution in [0.4, 0.5) is 0 Å². The van der Waals surface area contributed by atoms with Crippen LogP contribution in [0.5, 0.6) is 0 Å². The second-order valence-corrected chi connectivity index (χ2v) is 5.22. The largest absolute Gasteiger partial charge is 0.144 e. The number of rotatable bonds is 5. The molecule has 0 bridgehead atoms. The Morgan fingerprint density at radius 1 is 0.812 bits per heavy atom. The highest BCUT2D eigenvalue weighted by Crippen LogP contribution is 2.57. The van der Waals surface area contributed by atoms with Gasteiger partial charge in [0.25, 0.3) is 0 Å². The average molecular weight is 214 g/mol. The van der Waals surface area contributed by atoms with Gasteiger partial charge in [-0.05, 0) is 17.7 Å². The topological polar surface area (TPSA) is 0 Å². The highest BCUT2D eigenvalue weighted by atomic mass is 14.5. The Kier molecular flexibility index (Phi) is 4.09. The Hall–Kier alpha value is -0.715. The second kappa shape index (κ2) is 5.56. The molecule has 1 fully saturated rings. The van der Waals surface area contributed by atoms with Gasteiger partial charge in [0.05, 0.1) is 0 Å². The number of hydrogen-bond acceptors (Lipinski definition) is 0. The van der Waals surface area contributed by atoms with Gasteiger partial charge in [-0.1, -0.05) is 75.8 Å². The summed E-state index contributed by atoms with van der Waals surface area (Å²) < 4.78 is 0. The summed E-state index contributed by atoms with van der Waals surface area (Å²) in [4.78, 5) is 0. The summed E-state index contributed by atoms with van der Waals surface area (Å²) in [5, 5.41) is 0. The van der Waals surface area contributed by atoms with Crippen molar-refractivity contribution in [3.63, 3.8) is 0 Å². The van der Waals surface area contributed by atoms with Crippen LogP contribution < -0.4 is 0 Å².